The first kappa shape index (κ1) is 14.9. The summed E-state index contributed by atoms with van der Waals surface area (Å²) in [7, 11) is 3.87. The van der Waals surface area contributed by atoms with E-state index in [-0.39, 0.29) is 0 Å². The molecule has 3 heteroatoms. The maximum Gasteiger partial charge on any atom is 0.0589 e. The zero-order chi connectivity index (χ0) is 12.7. The number of hydrogen-bond acceptors (Lipinski definition) is 3. The van der Waals surface area contributed by atoms with Crippen LogP contribution in [-0.4, -0.2) is 50.8 Å². The second kappa shape index (κ2) is 8.06. The van der Waals surface area contributed by atoms with E-state index < -0.39 is 0 Å². The van der Waals surface area contributed by atoms with E-state index in [1.54, 1.807) is 7.11 Å². The first-order valence-corrected chi connectivity index (χ1v) is 7.13. The summed E-state index contributed by atoms with van der Waals surface area (Å²) in [6.45, 7) is 7.71. The molecule has 1 aliphatic rings. The Morgan fingerprint density at radius 1 is 1.41 bits per heavy atom. The van der Waals surface area contributed by atoms with E-state index in [2.05, 4.69) is 31.1 Å². The molecule has 1 N–H and O–H groups in total. The molecule has 0 saturated heterocycles. The first-order valence-electron chi connectivity index (χ1n) is 7.13. The molecule has 17 heavy (non-hydrogen) atoms. The van der Waals surface area contributed by atoms with Crippen LogP contribution in [-0.2, 0) is 4.74 Å². The fourth-order valence-corrected chi connectivity index (χ4v) is 2.50. The maximum absolute atomic E-state index is 5.24. The molecule has 1 fully saturated rings. The van der Waals surface area contributed by atoms with Crippen LogP contribution in [0.25, 0.3) is 0 Å². The predicted molar refractivity (Wildman–Crippen MR) is 73.4 cm³/mol. The molecule has 1 aliphatic carbocycles. The highest BCUT2D eigenvalue weighted by Gasteiger charge is 2.32. The summed E-state index contributed by atoms with van der Waals surface area (Å²) >= 11 is 0. The predicted octanol–water partition coefficient (Wildman–Crippen LogP) is 2.12. The van der Waals surface area contributed by atoms with Gasteiger partial charge in [0.05, 0.1) is 6.61 Å². The molecule has 102 valence electrons. The molecule has 2 atom stereocenters. The number of likely N-dealkylation sites (N-methyl/N-ethyl adjacent to an activating group) is 1. The van der Waals surface area contributed by atoms with E-state index in [1.165, 1.54) is 25.7 Å². The molecule has 0 radical (unpaired) electrons. The number of nitrogens with one attached hydrogen (secondary N) is 1. The van der Waals surface area contributed by atoms with Gasteiger partial charge in [-0.3, -0.25) is 4.90 Å². The lowest BCUT2D eigenvalue weighted by atomic mass is 10.1. The zero-order valence-electron chi connectivity index (χ0n) is 12.0. The standard InChI is InChI=1S/C14H30N2O/c1-5-6-14(15-3)11-16(9-10-17-4)12(2)13-7-8-13/h12-15H,5-11H2,1-4H3. The van der Waals surface area contributed by atoms with Crippen LogP contribution < -0.4 is 5.32 Å². The van der Waals surface area contributed by atoms with Gasteiger partial charge in [-0.1, -0.05) is 13.3 Å². The Morgan fingerprint density at radius 2 is 2.12 bits per heavy atom. The van der Waals surface area contributed by atoms with Crippen molar-refractivity contribution in [1.82, 2.24) is 10.2 Å². The monoisotopic (exact) mass is 242 g/mol. The van der Waals surface area contributed by atoms with Gasteiger partial charge in [0.25, 0.3) is 0 Å². The number of methoxy groups -OCH3 is 1. The molecule has 0 aromatic rings. The summed E-state index contributed by atoms with van der Waals surface area (Å²) in [5, 5.41) is 3.44. The van der Waals surface area contributed by atoms with E-state index in [4.69, 9.17) is 4.74 Å². The molecule has 2 unspecified atom stereocenters. The fourth-order valence-electron chi connectivity index (χ4n) is 2.50. The van der Waals surface area contributed by atoms with Crippen LogP contribution in [0.2, 0.25) is 0 Å². The lowest BCUT2D eigenvalue weighted by Crippen LogP contribution is -2.45. The van der Waals surface area contributed by atoms with Gasteiger partial charge in [0.2, 0.25) is 0 Å². The largest absolute Gasteiger partial charge is 0.383 e. The Balaban J connectivity index is 2.42. The summed E-state index contributed by atoms with van der Waals surface area (Å²) in [5.41, 5.74) is 0. The molecule has 0 aromatic carbocycles. The van der Waals surface area contributed by atoms with Gasteiger partial charge < -0.3 is 10.1 Å². The van der Waals surface area contributed by atoms with E-state index in [0.717, 1.165) is 31.7 Å². The van der Waals surface area contributed by atoms with Gasteiger partial charge >= 0.3 is 0 Å². The molecule has 0 heterocycles. The molecule has 1 saturated carbocycles. The van der Waals surface area contributed by atoms with Crippen LogP contribution in [0.1, 0.15) is 39.5 Å². The molecule has 0 aliphatic heterocycles. The number of hydrogen-bond donors (Lipinski definition) is 1. The van der Waals surface area contributed by atoms with E-state index in [0.29, 0.717) is 6.04 Å². The third-order valence-corrected chi connectivity index (χ3v) is 3.96. The highest BCUT2D eigenvalue weighted by molar-refractivity contribution is 4.86. The van der Waals surface area contributed by atoms with Crippen LogP contribution in [0.15, 0.2) is 0 Å². The van der Waals surface area contributed by atoms with Gasteiger partial charge in [-0.25, -0.2) is 0 Å². The molecule has 0 spiro atoms. The quantitative estimate of drug-likeness (QED) is 0.635. The van der Waals surface area contributed by atoms with Gasteiger partial charge in [-0.05, 0) is 39.2 Å². The molecule has 3 nitrogen and oxygen atoms in total. The molecule has 0 aromatic heterocycles. The van der Waals surface area contributed by atoms with E-state index in [9.17, 15) is 0 Å². The summed E-state index contributed by atoms with van der Waals surface area (Å²) in [4.78, 5) is 2.61. The molecular weight excluding hydrogens is 212 g/mol. The topological polar surface area (TPSA) is 24.5 Å². The second-order valence-corrected chi connectivity index (χ2v) is 5.34. The number of ether oxygens (including phenoxy) is 1. The van der Waals surface area contributed by atoms with Crippen molar-refractivity contribution in [3.05, 3.63) is 0 Å². The lowest BCUT2D eigenvalue weighted by molar-refractivity contribution is 0.108. The third-order valence-electron chi connectivity index (χ3n) is 3.96. The second-order valence-electron chi connectivity index (χ2n) is 5.34. The highest BCUT2D eigenvalue weighted by Crippen LogP contribution is 2.35. The minimum absolute atomic E-state index is 0.623. The van der Waals surface area contributed by atoms with Crippen LogP contribution in [0, 0.1) is 5.92 Å². The smallest absolute Gasteiger partial charge is 0.0589 e. The van der Waals surface area contributed by atoms with Gasteiger partial charge in [0, 0.05) is 32.3 Å². The molecule has 0 bridgehead atoms. The lowest BCUT2D eigenvalue weighted by Gasteiger charge is -2.32. The number of nitrogens with zero attached hydrogens (tertiary/aromatic N) is 1. The maximum atomic E-state index is 5.24. The van der Waals surface area contributed by atoms with Gasteiger partial charge in [0.1, 0.15) is 0 Å². The Labute approximate surface area is 107 Å². The fraction of sp³-hybridized carbons (Fsp3) is 1.00. The summed E-state index contributed by atoms with van der Waals surface area (Å²) in [6.07, 6.45) is 5.35. The highest BCUT2D eigenvalue weighted by atomic mass is 16.5. The SMILES string of the molecule is CCCC(CN(CCOC)C(C)C1CC1)NC. The third kappa shape index (κ3) is 5.36. The Hall–Kier alpha value is -0.120. The average molecular weight is 242 g/mol. The Bertz CT molecular complexity index is 195. The van der Waals surface area contributed by atoms with Crippen LogP contribution in [0.3, 0.4) is 0 Å². The van der Waals surface area contributed by atoms with Crippen molar-refractivity contribution in [3.8, 4) is 0 Å². The van der Waals surface area contributed by atoms with Crippen LogP contribution in [0.5, 0.6) is 0 Å². The van der Waals surface area contributed by atoms with Crippen molar-refractivity contribution < 1.29 is 4.74 Å². The van der Waals surface area contributed by atoms with Crippen LogP contribution >= 0.6 is 0 Å². The normalized spacial score (nSPS) is 19.6. The number of rotatable bonds is 10. The molecular formula is C14H30N2O. The van der Waals surface area contributed by atoms with Crippen molar-refractivity contribution >= 4 is 0 Å². The minimum Gasteiger partial charge on any atom is -0.383 e. The average Bonchev–Trinajstić information content (AvgIpc) is 3.16. The van der Waals surface area contributed by atoms with E-state index in [1.807, 2.05) is 0 Å². The van der Waals surface area contributed by atoms with Crippen molar-refractivity contribution in [1.29, 1.82) is 0 Å². The van der Waals surface area contributed by atoms with Gasteiger partial charge in [0.15, 0.2) is 0 Å². The zero-order valence-corrected chi connectivity index (χ0v) is 12.0. The van der Waals surface area contributed by atoms with Crippen LogP contribution in [0.4, 0.5) is 0 Å². The summed E-state index contributed by atoms with van der Waals surface area (Å²) in [5.74, 6) is 0.936. The molecule has 1 rings (SSSR count). The van der Waals surface area contributed by atoms with Crippen molar-refractivity contribution in [2.45, 2.75) is 51.6 Å². The van der Waals surface area contributed by atoms with Crippen molar-refractivity contribution in [2.75, 3.05) is 33.9 Å². The summed E-state index contributed by atoms with van der Waals surface area (Å²) in [6, 6.07) is 1.34. The van der Waals surface area contributed by atoms with Gasteiger partial charge in [-0.2, -0.15) is 0 Å². The first-order chi connectivity index (χ1) is 8.22. The summed E-state index contributed by atoms with van der Waals surface area (Å²) < 4.78 is 5.24. The minimum atomic E-state index is 0.623. The van der Waals surface area contributed by atoms with Crippen molar-refractivity contribution in [2.24, 2.45) is 5.92 Å². The molecule has 0 amide bonds. The Morgan fingerprint density at radius 3 is 2.59 bits per heavy atom. The van der Waals surface area contributed by atoms with E-state index >= 15 is 0 Å². The Kier molecular flexibility index (Phi) is 7.09. The van der Waals surface area contributed by atoms with Gasteiger partial charge in [-0.15, -0.1) is 0 Å². The van der Waals surface area contributed by atoms with Crippen molar-refractivity contribution in [3.63, 3.8) is 0 Å².